The van der Waals surface area contributed by atoms with Crippen LogP contribution in [0.2, 0.25) is 5.02 Å². The van der Waals surface area contributed by atoms with Gasteiger partial charge in [-0.1, -0.05) is 25.4 Å². The molecule has 1 aromatic heterocycles. The van der Waals surface area contributed by atoms with Crippen molar-refractivity contribution >= 4 is 17.5 Å². The van der Waals surface area contributed by atoms with Crippen LogP contribution >= 0.6 is 11.6 Å². The van der Waals surface area contributed by atoms with Crippen molar-refractivity contribution in [2.45, 2.75) is 51.9 Å². The maximum absolute atomic E-state index is 12.2. The Hall–Kier alpha value is -1.74. The molecule has 0 saturated heterocycles. The van der Waals surface area contributed by atoms with E-state index in [4.69, 9.17) is 17.3 Å². The van der Waals surface area contributed by atoms with E-state index in [1.54, 1.807) is 0 Å². The Labute approximate surface area is 142 Å². The number of carbonyl (C=O) groups is 1. The molecule has 2 aromatic rings. The van der Waals surface area contributed by atoms with E-state index in [0.29, 0.717) is 5.02 Å². The van der Waals surface area contributed by atoms with Gasteiger partial charge in [0.25, 0.3) is 0 Å². The number of nitrogens with zero attached hydrogens (tertiary/aromatic N) is 1. The molecule has 23 heavy (non-hydrogen) atoms. The van der Waals surface area contributed by atoms with Crippen LogP contribution in [0, 0.1) is 13.8 Å². The van der Waals surface area contributed by atoms with E-state index in [-0.39, 0.29) is 11.3 Å². The molecule has 1 amide bonds. The highest BCUT2D eigenvalue weighted by Gasteiger charge is 2.51. The Morgan fingerprint density at radius 3 is 2.13 bits per heavy atom. The molecule has 1 atom stereocenters. The fourth-order valence-corrected chi connectivity index (χ4v) is 4.71. The second kappa shape index (κ2) is 4.88. The van der Waals surface area contributed by atoms with E-state index < -0.39 is 5.41 Å². The number of primary amides is 1. The standard InChI is InChI=1S/C19H23ClN2O/c1-11-15-16(19(5,17(21)23)10-18(15,3)4)12(2)22(11)14-8-6-13(20)7-9-14/h6-9H,10H2,1-5H3,(H2,21,23). The predicted molar refractivity (Wildman–Crippen MR) is 94.4 cm³/mol. The third kappa shape index (κ3) is 2.13. The highest BCUT2D eigenvalue weighted by atomic mass is 35.5. The summed E-state index contributed by atoms with van der Waals surface area (Å²) in [6.45, 7) is 10.6. The number of halogens is 1. The zero-order chi connectivity index (χ0) is 17.2. The number of carbonyl (C=O) groups excluding carboxylic acids is 1. The smallest absolute Gasteiger partial charge is 0.227 e. The van der Waals surface area contributed by atoms with Crippen molar-refractivity contribution in [3.63, 3.8) is 0 Å². The average Bonchev–Trinajstić information content (AvgIpc) is 2.84. The molecular formula is C19H23ClN2O. The summed E-state index contributed by atoms with van der Waals surface area (Å²) in [5, 5.41) is 0.714. The van der Waals surface area contributed by atoms with Gasteiger partial charge in [-0.15, -0.1) is 0 Å². The number of rotatable bonds is 2. The van der Waals surface area contributed by atoms with E-state index >= 15 is 0 Å². The molecule has 3 nitrogen and oxygen atoms in total. The highest BCUT2D eigenvalue weighted by molar-refractivity contribution is 6.30. The van der Waals surface area contributed by atoms with Crippen molar-refractivity contribution in [3.8, 4) is 5.69 Å². The molecule has 0 spiro atoms. The fourth-order valence-electron chi connectivity index (χ4n) is 4.59. The summed E-state index contributed by atoms with van der Waals surface area (Å²) >= 11 is 6.02. The van der Waals surface area contributed by atoms with E-state index in [1.165, 1.54) is 11.3 Å². The van der Waals surface area contributed by atoms with E-state index in [2.05, 4.69) is 32.3 Å². The van der Waals surface area contributed by atoms with Gasteiger partial charge in [0.2, 0.25) is 5.91 Å². The van der Waals surface area contributed by atoms with Gasteiger partial charge in [-0.2, -0.15) is 0 Å². The number of amides is 1. The average molecular weight is 331 g/mol. The first-order valence-electron chi connectivity index (χ1n) is 7.88. The van der Waals surface area contributed by atoms with Gasteiger partial charge in [-0.25, -0.2) is 0 Å². The molecule has 0 fully saturated rings. The summed E-state index contributed by atoms with van der Waals surface area (Å²) in [5.74, 6) is -0.249. The van der Waals surface area contributed by atoms with Crippen LogP contribution in [0.1, 0.15) is 49.7 Å². The quantitative estimate of drug-likeness (QED) is 0.882. The van der Waals surface area contributed by atoms with Crippen LogP contribution in [0.15, 0.2) is 24.3 Å². The predicted octanol–water partition coefficient (Wildman–Crippen LogP) is 4.17. The van der Waals surface area contributed by atoms with E-state index in [0.717, 1.165) is 23.4 Å². The molecule has 122 valence electrons. The summed E-state index contributed by atoms with van der Waals surface area (Å²) in [4.78, 5) is 12.2. The van der Waals surface area contributed by atoms with E-state index in [1.807, 2.05) is 31.2 Å². The molecule has 1 heterocycles. The Bertz CT molecular complexity index is 802. The molecule has 1 aliphatic rings. The van der Waals surface area contributed by atoms with Crippen LogP contribution < -0.4 is 5.73 Å². The van der Waals surface area contributed by atoms with E-state index in [9.17, 15) is 4.79 Å². The lowest BCUT2D eigenvalue weighted by Gasteiger charge is -2.27. The summed E-state index contributed by atoms with van der Waals surface area (Å²) in [7, 11) is 0. The number of aromatic nitrogens is 1. The van der Waals surface area contributed by atoms with Crippen molar-refractivity contribution in [2.75, 3.05) is 0 Å². The molecule has 0 saturated carbocycles. The van der Waals surface area contributed by atoms with Crippen LogP contribution in [-0.2, 0) is 15.6 Å². The lowest BCUT2D eigenvalue weighted by Crippen LogP contribution is -2.38. The Morgan fingerprint density at radius 1 is 1.09 bits per heavy atom. The topological polar surface area (TPSA) is 48.0 Å². The first-order chi connectivity index (χ1) is 10.6. The number of hydrogen-bond acceptors (Lipinski definition) is 1. The number of benzene rings is 1. The zero-order valence-electron chi connectivity index (χ0n) is 14.3. The van der Waals surface area contributed by atoms with Gasteiger partial charge in [0.05, 0.1) is 5.41 Å². The van der Waals surface area contributed by atoms with Gasteiger partial charge in [-0.3, -0.25) is 4.79 Å². The molecule has 1 unspecified atom stereocenters. The summed E-state index contributed by atoms with van der Waals surface area (Å²) < 4.78 is 2.21. The molecule has 0 bridgehead atoms. The monoisotopic (exact) mass is 330 g/mol. The second-order valence-electron chi connectivity index (χ2n) is 7.49. The van der Waals surface area contributed by atoms with Gasteiger partial charge in [0.15, 0.2) is 0 Å². The fraction of sp³-hybridized carbons (Fsp3) is 0.421. The van der Waals surface area contributed by atoms with Crippen molar-refractivity contribution in [1.82, 2.24) is 4.57 Å². The first kappa shape index (κ1) is 16.1. The van der Waals surface area contributed by atoms with Crippen LogP contribution in [-0.4, -0.2) is 10.5 Å². The number of fused-ring (bicyclic) bond motifs is 1. The number of hydrogen-bond donors (Lipinski definition) is 1. The minimum atomic E-state index is -0.620. The van der Waals surface area contributed by atoms with Gasteiger partial charge < -0.3 is 10.3 Å². The second-order valence-corrected chi connectivity index (χ2v) is 7.93. The summed E-state index contributed by atoms with van der Waals surface area (Å²) in [6.07, 6.45) is 0.753. The van der Waals surface area contributed by atoms with Crippen LogP contribution in [0.3, 0.4) is 0 Å². The van der Waals surface area contributed by atoms with Crippen LogP contribution in [0.25, 0.3) is 5.69 Å². The minimum Gasteiger partial charge on any atom is -0.369 e. The first-order valence-corrected chi connectivity index (χ1v) is 8.26. The molecule has 4 heteroatoms. The maximum Gasteiger partial charge on any atom is 0.227 e. The Kier molecular flexibility index (Phi) is 3.42. The van der Waals surface area contributed by atoms with Crippen molar-refractivity contribution in [1.29, 1.82) is 0 Å². The molecule has 1 aromatic carbocycles. The SMILES string of the molecule is Cc1c2c(c(C)n1-c1ccc(Cl)cc1)C(C)(C(N)=O)CC2(C)C. The van der Waals surface area contributed by atoms with Gasteiger partial charge in [0.1, 0.15) is 0 Å². The summed E-state index contributed by atoms with van der Waals surface area (Å²) in [6, 6.07) is 7.79. The largest absolute Gasteiger partial charge is 0.369 e. The molecular weight excluding hydrogens is 308 g/mol. The highest BCUT2D eigenvalue weighted by Crippen LogP contribution is 2.53. The Morgan fingerprint density at radius 2 is 1.61 bits per heavy atom. The molecule has 0 radical (unpaired) electrons. The van der Waals surface area contributed by atoms with Crippen LogP contribution in [0.4, 0.5) is 0 Å². The van der Waals surface area contributed by atoms with Crippen LogP contribution in [0.5, 0.6) is 0 Å². The van der Waals surface area contributed by atoms with Gasteiger partial charge >= 0.3 is 0 Å². The number of nitrogens with two attached hydrogens (primary N) is 1. The zero-order valence-corrected chi connectivity index (χ0v) is 15.1. The van der Waals surface area contributed by atoms with Crippen molar-refractivity contribution in [3.05, 3.63) is 51.8 Å². The molecule has 3 rings (SSSR count). The minimum absolute atomic E-state index is 0.0777. The third-order valence-electron chi connectivity index (χ3n) is 5.30. The lowest BCUT2D eigenvalue weighted by molar-refractivity contribution is -0.123. The van der Waals surface area contributed by atoms with Gasteiger partial charge in [0, 0.05) is 22.1 Å². The molecule has 1 aliphatic carbocycles. The molecule has 2 N–H and O–H groups in total. The Balaban J connectivity index is 2.33. The normalized spacial score (nSPS) is 22.2. The molecule has 0 aliphatic heterocycles. The summed E-state index contributed by atoms with van der Waals surface area (Å²) in [5.41, 5.74) is 10.8. The van der Waals surface area contributed by atoms with Crippen molar-refractivity contribution in [2.24, 2.45) is 5.73 Å². The lowest BCUT2D eigenvalue weighted by atomic mass is 9.79. The van der Waals surface area contributed by atoms with Gasteiger partial charge in [-0.05, 0) is 68.0 Å². The van der Waals surface area contributed by atoms with Crippen molar-refractivity contribution < 1.29 is 4.79 Å². The maximum atomic E-state index is 12.2. The third-order valence-corrected chi connectivity index (χ3v) is 5.55.